The van der Waals surface area contributed by atoms with Crippen molar-refractivity contribution in [3.63, 3.8) is 0 Å². The van der Waals surface area contributed by atoms with Crippen LogP contribution in [0.25, 0.3) is 10.8 Å². The lowest BCUT2D eigenvalue weighted by atomic mass is 9.45. The number of rotatable bonds is 3. The molecule has 4 heteroatoms. The quantitative estimate of drug-likeness (QED) is 0.673. The Morgan fingerprint density at radius 1 is 1.21 bits per heavy atom. The molecule has 1 aromatic heterocycles. The summed E-state index contributed by atoms with van der Waals surface area (Å²) in [6.45, 7) is 11.9. The fraction of sp³-hybridized carbons (Fsp3) is 0.667. The SMILES string of the molecule is CCC1(C)C(C)CCC2C(C)(C)C3OC3CC21Oc1cccc2c(O)[nH]cc12. The van der Waals surface area contributed by atoms with Gasteiger partial charge in [0, 0.05) is 40.1 Å². The molecule has 6 unspecified atom stereocenters. The van der Waals surface area contributed by atoms with Gasteiger partial charge in [0.2, 0.25) is 0 Å². The number of nitrogens with one attached hydrogen (secondary N) is 1. The molecular weight excluding hydrogens is 350 g/mol. The third kappa shape index (κ3) is 2.16. The van der Waals surface area contributed by atoms with Gasteiger partial charge < -0.3 is 19.6 Å². The van der Waals surface area contributed by atoms with E-state index < -0.39 is 0 Å². The molecule has 1 aliphatic heterocycles. The average molecular weight is 384 g/mol. The Bertz CT molecular complexity index is 918. The summed E-state index contributed by atoms with van der Waals surface area (Å²) in [6, 6.07) is 5.98. The number of ether oxygens (including phenoxy) is 2. The van der Waals surface area contributed by atoms with Crippen LogP contribution in [0, 0.1) is 22.7 Å². The summed E-state index contributed by atoms with van der Waals surface area (Å²) in [5.41, 5.74) is -0.0833. The minimum Gasteiger partial charge on any atom is -0.494 e. The molecule has 0 bridgehead atoms. The maximum atomic E-state index is 10.2. The molecule has 3 fully saturated rings. The first-order valence-corrected chi connectivity index (χ1v) is 10.9. The molecule has 5 rings (SSSR count). The summed E-state index contributed by atoms with van der Waals surface area (Å²) in [4.78, 5) is 2.95. The first kappa shape index (κ1) is 18.4. The number of fused-ring (bicyclic) bond motifs is 3. The number of aromatic hydroxyl groups is 1. The van der Waals surface area contributed by atoms with Crippen molar-refractivity contribution in [1.29, 1.82) is 0 Å². The van der Waals surface area contributed by atoms with E-state index in [4.69, 9.17) is 9.47 Å². The van der Waals surface area contributed by atoms with Crippen molar-refractivity contribution in [1.82, 2.24) is 4.98 Å². The van der Waals surface area contributed by atoms with Gasteiger partial charge in [-0.3, -0.25) is 0 Å². The van der Waals surface area contributed by atoms with Gasteiger partial charge in [0.1, 0.15) is 11.4 Å². The van der Waals surface area contributed by atoms with Gasteiger partial charge in [0.15, 0.2) is 5.88 Å². The second kappa shape index (κ2) is 5.69. The zero-order valence-corrected chi connectivity index (χ0v) is 17.7. The first-order valence-electron chi connectivity index (χ1n) is 10.9. The summed E-state index contributed by atoms with van der Waals surface area (Å²) >= 11 is 0. The molecule has 2 N–H and O–H groups in total. The van der Waals surface area contributed by atoms with Gasteiger partial charge in [0.25, 0.3) is 0 Å². The van der Waals surface area contributed by atoms with Crippen LogP contribution in [0.1, 0.15) is 60.3 Å². The molecule has 4 nitrogen and oxygen atoms in total. The summed E-state index contributed by atoms with van der Waals surface area (Å²) in [5, 5.41) is 11.9. The molecule has 2 saturated carbocycles. The zero-order valence-electron chi connectivity index (χ0n) is 17.7. The smallest absolute Gasteiger partial charge is 0.196 e. The van der Waals surface area contributed by atoms with Crippen LogP contribution in [-0.4, -0.2) is 27.9 Å². The van der Waals surface area contributed by atoms with Gasteiger partial charge in [-0.05, 0) is 37.3 Å². The highest BCUT2D eigenvalue weighted by Gasteiger charge is 2.72. The normalized spacial score (nSPS) is 41.3. The van der Waals surface area contributed by atoms with E-state index in [0.29, 0.717) is 24.0 Å². The molecule has 152 valence electrons. The van der Waals surface area contributed by atoms with Crippen LogP contribution in [0.15, 0.2) is 24.4 Å². The van der Waals surface area contributed by atoms with Gasteiger partial charge in [-0.2, -0.15) is 0 Å². The van der Waals surface area contributed by atoms with Crippen molar-refractivity contribution >= 4 is 10.8 Å². The highest BCUT2D eigenvalue weighted by molar-refractivity contribution is 5.92. The minimum atomic E-state index is -0.262. The molecule has 2 aliphatic carbocycles. The highest BCUT2D eigenvalue weighted by Crippen LogP contribution is 2.67. The zero-order chi connectivity index (χ0) is 19.9. The number of H-pyrrole nitrogens is 1. The Labute approximate surface area is 167 Å². The van der Waals surface area contributed by atoms with Crippen LogP contribution in [0.3, 0.4) is 0 Å². The molecule has 6 atom stereocenters. The van der Waals surface area contributed by atoms with E-state index in [-0.39, 0.29) is 22.3 Å². The minimum absolute atomic E-state index is 0.0740. The van der Waals surface area contributed by atoms with Crippen LogP contribution in [0.4, 0.5) is 0 Å². The first-order chi connectivity index (χ1) is 13.2. The molecule has 2 heterocycles. The van der Waals surface area contributed by atoms with E-state index in [2.05, 4.69) is 45.7 Å². The number of benzene rings is 1. The lowest BCUT2D eigenvalue weighted by Gasteiger charge is -2.63. The average Bonchev–Trinajstić information content (AvgIpc) is 3.35. The fourth-order valence-electron chi connectivity index (χ4n) is 6.86. The molecule has 1 saturated heterocycles. The maximum absolute atomic E-state index is 10.2. The summed E-state index contributed by atoms with van der Waals surface area (Å²) in [5.74, 6) is 2.13. The second-order valence-electron chi connectivity index (χ2n) is 10.3. The van der Waals surface area contributed by atoms with E-state index >= 15 is 0 Å². The monoisotopic (exact) mass is 383 g/mol. The van der Waals surface area contributed by atoms with Crippen LogP contribution >= 0.6 is 0 Å². The van der Waals surface area contributed by atoms with Crippen molar-refractivity contribution < 1.29 is 14.6 Å². The largest absolute Gasteiger partial charge is 0.494 e. The number of aromatic nitrogens is 1. The van der Waals surface area contributed by atoms with Crippen LogP contribution < -0.4 is 4.74 Å². The molecule has 2 aromatic rings. The highest BCUT2D eigenvalue weighted by atomic mass is 16.6. The molecule has 3 aliphatic rings. The molecule has 0 amide bonds. The van der Waals surface area contributed by atoms with E-state index in [0.717, 1.165) is 29.4 Å². The van der Waals surface area contributed by atoms with Gasteiger partial charge >= 0.3 is 0 Å². The summed E-state index contributed by atoms with van der Waals surface area (Å²) in [7, 11) is 0. The lowest BCUT2D eigenvalue weighted by molar-refractivity contribution is -0.195. The summed E-state index contributed by atoms with van der Waals surface area (Å²) < 4.78 is 13.4. The molecular formula is C24H33NO3. The Morgan fingerprint density at radius 3 is 2.75 bits per heavy atom. The topological polar surface area (TPSA) is 57.8 Å². The van der Waals surface area contributed by atoms with Crippen LogP contribution in [-0.2, 0) is 4.74 Å². The Hall–Kier alpha value is -1.68. The maximum Gasteiger partial charge on any atom is 0.196 e. The van der Waals surface area contributed by atoms with E-state index in [1.165, 1.54) is 12.8 Å². The molecule has 0 spiro atoms. The standard InChI is InChI=1S/C24H33NO3/c1-6-23(5)14(2)10-11-19-22(3,4)20-18(27-20)12-24(19,23)28-17-9-7-8-15-16(17)13-25-21(15)26/h7-9,13-14,18-20,25-26H,6,10-12H2,1-5H3. The third-order valence-electron chi connectivity index (χ3n) is 8.92. The Balaban J connectivity index is 1.68. The van der Waals surface area contributed by atoms with Gasteiger partial charge in [-0.1, -0.05) is 40.7 Å². The van der Waals surface area contributed by atoms with Crippen molar-refractivity contribution in [2.24, 2.45) is 22.7 Å². The number of hydrogen-bond acceptors (Lipinski definition) is 3. The Morgan fingerprint density at radius 2 is 2.00 bits per heavy atom. The van der Waals surface area contributed by atoms with Gasteiger partial charge in [-0.15, -0.1) is 0 Å². The predicted molar refractivity (Wildman–Crippen MR) is 111 cm³/mol. The predicted octanol–water partition coefficient (Wildman–Crippen LogP) is 5.65. The second-order valence-corrected chi connectivity index (χ2v) is 10.3. The van der Waals surface area contributed by atoms with Gasteiger partial charge in [-0.25, -0.2) is 0 Å². The number of hydrogen-bond donors (Lipinski definition) is 2. The van der Waals surface area contributed by atoms with Crippen molar-refractivity contribution in [2.75, 3.05) is 0 Å². The van der Waals surface area contributed by atoms with Crippen LogP contribution in [0.5, 0.6) is 11.6 Å². The molecule has 28 heavy (non-hydrogen) atoms. The Kier molecular flexibility index (Phi) is 3.73. The van der Waals surface area contributed by atoms with Crippen molar-refractivity contribution in [3.05, 3.63) is 24.4 Å². The van der Waals surface area contributed by atoms with E-state index in [1.807, 2.05) is 18.3 Å². The third-order valence-corrected chi connectivity index (χ3v) is 8.92. The number of aromatic amines is 1. The molecule has 1 aromatic carbocycles. The van der Waals surface area contributed by atoms with Gasteiger partial charge in [0.05, 0.1) is 12.2 Å². The van der Waals surface area contributed by atoms with Crippen molar-refractivity contribution in [2.45, 2.75) is 78.1 Å². The van der Waals surface area contributed by atoms with E-state index in [1.54, 1.807) is 0 Å². The van der Waals surface area contributed by atoms with E-state index in [9.17, 15) is 5.11 Å². The van der Waals surface area contributed by atoms with Crippen molar-refractivity contribution in [3.8, 4) is 11.6 Å². The molecule has 0 radical (unpaired) electrons. The fourth-order valence-corrected chi connectivity index (χ4v) is 6.86. The van der Waals surface area contributed by atoms with Crippen LogP contribution in [0.2, 0.25) is 0 Å². The summed E-state index contributed by atoms with van der Waals surface area (Å²) in [6.07, 6.45) is 7.03. The number of epoxide rings is 1. The lowest BCUT2D eigenvalue weighted by Crippen LogP contribution is -2.67.